The Hall–Kier alpha value is -1.14. The fourth-order valence-electron chi connectivity index (χ4n) is 0.831. The van der Waals surface area contributed by atoms with Crippen molar-refractivity contribution in [3.63, 3.8) is 0 Å². The van der Waals surface area contributed by atoms with E-state index in [2.05, 4.69) is 24.8 Å². The van der Waals surface area contributed by atoms with Crippen LogP contribution in [0, 0.1) is 0 Å². The average Bonchev–Trinajstić information content (AvgIpc) is 2.65. The molecule has 1 aromatic heterocycles. The molecule has 0 spiro atoms. The van der Waals surface area contributed by atoms with Crippen LogP contribution in [0.15, 0.2) is 6.33 Å². The first kappa shape index (κ1) is 9.94. The summed E-state index contributed by atoms with van der Waals surface area (Å²) in [6.45, 7) is 0. The van der Waals surface area contributed by atoms with Gasteiger partial charge in [0, 0.05) is 6.42 Å². The highest BCUT2D eigenvalue weighted by Gasteiger charge is 2.19. The molecule has 0 bridgehead atoms. The van der Waals surface area contributed by atoms with Crippen LogP contribution in [0.25, 0.3) is 0 Å². The second-order valence-corrected chi connectivity index (χ2v) is 2.54. The van der Waals surface area contributed by atoms with Crippen LogP contribution in [-0.2, 0) is 16.0 Å². The van der Waals surface area contributed by atoms with E-state index in [1.54, 1.807) is 0 Å². The Labute approximate surface area is 79.7 Å². The third kappa shape index (κ3) is 2.67. The van der Waals surface area contributed by atoms with Crippen molar-refractivity contribution in [1.29, 1.82) is 0 Å². The molecular weight excluding hydrogens is 196 g/mol. The molecule has 0 aliphatic carbocycles. The number of hydrogen-bond donors (Lipinski definition) is 2. The van der Waals surface area contributed by atoms with Crippen LogP contribution in [0.2, 0.25) is 0 Å². The number of esters is 1. The Morgan fingerprint density at radius 2 is 2.69 bits per heavy atom. The molecule has 13 heavy (non-hydrogen) atoms. The molecule has 1 heterocycles. The Bertz CT molecular complexity index is 264. The average molecular weight is 205 g/mol. The lowest BCUT2D eigenvalue weighted by molar-refractivity contribution is -0.142. The predicted molar refractivity (Wildman–Crippen MR) is 44.9 cm³/mol. The van der Waals surface area contributed by atoms with Gasteiger partial charge >= 0.3 is 5.97 Å². The fraction of sp³-hybridized carbons (Fsp3) is 0.500. The number of carbonyl (C=O) groups excluding carboxylic acids is 1. The number of nitrogens with zero attached hydrogens (tertiary/aromatic N) is 2. The van der Waals surface area contributed by atoms with E-state index in [4.69, 9.17) is 11.8 Å². The summed E-state index contributed by atoms with van der Waals surface area (Å²) in [5.74, 6) is 0.134. The number of ether oxygens (including phenoxy) is 1. The van der Waals surface area contributed by atoms with E-state index in [9.17, 15) is 4.79 Å². The van der Waals surface area contributed by atoms with Crippen LogP contribution in [0.4, 0.5) is 0 Å². The summed E-state index contributed by atoms with van der Waals surface area (Å²) < 4.78 is 4.50. The van der Waals surface area contributed by atoms with E-state index >= 15 is 0 Å². The van der Waals surface area contributed by atoms with Gasteiger partial charge in [0.2, 0.25) is 0 Å². The van der Waals surface area contributed by atoms with Crippen molar-refractivity contribution in [1.82, 2.24) is 20.0 Å². The summed E-state index contributed by atoms with van der Waals surface area (Å²) in [5.41, 5.74) is 0. The predicted octanol–water partition coefficient (Wildman–Crippen LogP) is -0.368. The molecular formula is C6H9ClN4O2. The third-order valence-corrected chi connectivity index (χ3v) is 1.74. The van der Waals surface area contributed by atoms with Crippen molar-refractivity contribution in [3.05, 3.63) is 12.2 Å². The van der Waals surface area contributed by atoms with Gasteiger partial charge in [-0.05, 0) is 11.8 Å². The maximum Gasteiger partial charge on any atom is 0.324 e. The fourth-order valence-corrected chi connectivity index (χ4v) is 0.997. The number of hydrogen-bond acceptors (Lipinski definition) is 5. The highest BCUT2D eigenvalue weighted by molar-refractivity contribution is 6.14. The van der Waals surface area contributed by atoms with Gasteiger partial charge in [-0.3, -0.25) is 9.89 Å². The van der Waals surface area contributed by atoms with E-state index in [0.717, 1.165) is 0 Å². The summed E-state index contributed by atoms with van der Waals surface area (Å²) in [5, 5.41) is 6.25. The summed E-state index contributed by atoms with van der Waals surface area (Å²) in [7, 11) is 1.30. The van der Waals surface area contributed by atoms with Gasteiger partial charge in [-0.1, -0.05) is 0 Å². The molecule has 0 radical (unpaired) electrons. The Kier molecular flexibility index (Phi) is 3.66. The molecule has 0 saturated carbocycles. The first-order valence-electron chi connectivity index (χ1n) is 3.56. The SMILES string of the molecule is COC(=O)[C@H](Cc1ncn[nH]1)NCl. The number of rotatable bonds is 4. The lowest BCUT2D eigenvalue weighted by Crippen LogP contribution is -2.34. The van der Waals surface area contributed by atoms with Crippen molar-refractivity contribution in [2.24, 2.45) is 0 Å². The van der Waals surface area contributed by atoms with Crippen molar-refractivity contribution < 1.29 is 9.53 Å². The van der Waals surface area contributed by atoms with Gasteiger partial charge in [0.05, 0.1) is 7.11 Å². The second-order valence-electron chi connectivity index (χ2n) is 2.32. The maximum atomic E-state index is 11.0. The maximum absolute atomic E-state index is 11.0. The minimum atomic E-state index is -0.611. The zero-order valence-corrected chi connectivity index (χ0v) is 7.71. The molecule has 7 heteroatoms. The van der Waals surface area contributed by atoms with Gasteiger partial charge < -0.3 is 4.74 Å². The van der Waals surface area contributed by atoms with Crippen LogP contribution in [0.1, 0.15) is 5.82 Å². The Morgan fingerprint density at radius 1 is 1.92 bits per heavy atom. The van der Waals surface area contributed by atoms with Gasteiger partial charge in [0.15, 0.2) is 0 Å². The second kappa shape index (κ2) is 4.78. The Balaban J connectivity index is 2.54. The zero-order chi connectivity index (χ0) is 9.68. The molecule has 0 aliphatic heterocycles. The molecule has 0 amide bonds. The smallest absolute Gasteiger partial charge is 0.324 e. The zero-order valence-electron chi connectivity index (χ0n) is 6.95. The minimum absolute atomic E-state index is 0.316. The van der Waals surface area contributed by atoms with Crippen LogP contribution < -0.4 is 4.84 Å². The minimum Gasteiger partial charge on any atom is -0.468 e. The van der Waals surface area contributed by atoms with Crippen LogP contribution in [0.5, 0.6) is 0 Å². The number of methoxy groups -OCH3 is 1. The molecule has 2 N–H and O–H groups in total. The van der Waals surface area contributed by atoms with E-state index in [1.807, 2.05) is 0 Å². The molecule has 1 atom stereocenters. The number of halogens is 1. The number of H-pyrrole nitrogens is 1. The summed E-state index contributed by atoms with van der Waals surface area (Å²) in [6, 6.07) is -0.611. The van der Waals surface area contributed by atoms with Crippen molar-refractivity contribution in [2.45, 2.75) is 12.5 Å². The van der Waals surface area contributed by atoms with E-state index in [-0.39, 0.29) is 0 Å². The van der Waals surface area contributed by atoms with Crippen molar-refractivity contribution in [3.8, 4) is 0 Å². The van der Waals surface area contributed by atoms with Gasteiger partial charge in [-0.15, -0.1) is 0 Å². The third-order valence-electron chi connectivity index (χ3n) is 1.48. The Morgan fingerprint density at radius 3 is 3.15 bits per heavy atom. The molecule has 0 saturated heterocycles. The molecule has 6 nitrogen and oxygen atoms in total. The quantitative estimate of drug-likeness (QED) is 0.517. The molecule has 0 aromatic carbocycles. The van der Waals surface area contributed by atoms with Gasteiger partial charge in [0.1, 0.15) is 18.2 Å². The molecule has 1 aromatic rings. The standard InChI is InChI=1S/C6H9ClN4O2/c1-13-6(12)4(10-7)2-5-8-3-9-11-5/h3-4,10H,2H2,1H3,(H,8,9,11)/t4-/m0/s1. The molecule has 1 rings (SSSR count). The van der Waals surface area contributed by atoms with Crippen LogP contribution >= 0.6 is 11.8 Å². The number of nitrogens with one attached hydrogen (secondary N) is 2. The molecule has 0 unspecified atom stereocenters. The van der Waals surface area contributed by atoms with E-state index in [1.165, 1.54) is 13.4 Å². The van der Waals surface area contributed by atoms with E-state index < -0.39 is 12.0 Å². The number of aromatic nitrogens is 3. The van der Waals surface area contributed by atoms with Crippen molar-refractivity contribution in [2.75, 3.05) is 7.11 Å². The normalized spacial score (nSPS) is 12.5. The molecule has 72 valence electrons. The van der Waals surface area contributed by atoms with Gasteiger partial charge in [0.25, 0.3) is 0 Å². The summed E-state index contributed by atoms with van der Waals surface area (Å²) in [6.07, 6.45) is 1.67. The van der Waals surface area contributed by atoms with Gasteiger partial charge in [-0.25, -0.2) is 9.82 Å². The number of carbonyl (C=O) groups is 1. The van der Waals surface area contributed by atoms with Gasteiger partial charge in [-0.2, -0.15) is 5.10 Å². The highest BCUT2D eigenvalue weighted by Crippen LogP contribution is 1.98. The molecule has 0 aliphatic rings. The first-order chi connectivity index (χ1) is 6.27. The lowest BCUT2D eigenvalue weighted by Gasteiger charge is -2.09. The summed E-state index contributed by atoms with van der Waals surface area (Å²) in [4.78, 5) is 17.2. The summed E-state index contributed by atoms with van der Waals surface area (Å²) >= 11 is 5.35. The highest BCUT2D eigenvalue weighted by atomic mass is 35.5. The molecule has 0 fully saturated rings. The largest absolute Gasteiger partial charge is 0.468 e. The number of aromatic amines is 1. The van der Waals surface area contributed by atoms with Crippen molar-refractivity contribution >= 4 is 17.7 Å². The topological polar surface area (TPSA) is 79.9 Å². The lowest BCUT2D eigenvalue weighted by atomic mass is 10.2. The van der Waals surface area contributed by atoms with Crippen LogP contribution in [0.3, 0.4) is 0 Å². The monoisotopic (exact) mass is 204 g/mol. The van der Waals surface area contributed by atoms with E-state index in [0.29, 0.717) is 12.2 Å². The van der Waals surface area contributed by atoms with Crippen LogP contribution in [-0.4, -0.2) is 34.3 Å². The first-order valence-corrected chi connectivity index (χ1v) is 3.94.